The molecule has 12 heteroatoms. The van der Waals surface area contributed by atoms with Crippen molar-refractivity contribution in [1.82, 2.24) is 19.9 Å². The standard InChI is InChI=1S/C20H4F6N6/c21-19(22,23)9-3-1-7-13-8(2-4-10(14(9)13)20(24,25)26)16-15(7)31-17-18(32-16)30-12(6-28)11(5-27)29-17/h1-4H. The number of nitrogens with zero attached hydrogens (tertiary/aromatic N) is 6. The molecule has 32 heavy (non-hydrogen) atoms. The second-order valence-electron chi connectivity index (χ2n) is 6.78. The molecule has 4 aromatic rings. The van der Waals surface area contributed by atoms with Gasteiger partial charge in [-0.2, -0.15) is 36.9 Å². The summed E-state index contributed by atoms with van der Waals surface area (Å²) in [7, 11) is 0. The summed E-state index contributed by atoms with van der Waals surface area (Å²) in [5.41, 5.74) is -3.82. The van der Waals surface area contributed by atoms with Gasteiger partial charge in [-0.3, -0.25) is 0 Å². The highest BCUT2D eigenvalue weighted by atomic mass is 19.4. The van der Waals surface area contributed by atoms with Crippen molar-refractivity contribution in [1.29, 1.82) is 10.5 Å². The quantitative estimate of drug-likeness (QED) is 0.313. The van der Waals surface area contributed by atoms with Crippen LogP contribution < -0.4 is 0 Å². The van der Waals surface area contributed by atoms with Crippen LogP contribution >= 0.6 is 0 Å². The lowest BCUT2D eigenvalue weighted by atomic mass is 9.94. The smallest absolute Gasteiger partial charge is 0.223 e. The minimum absolute atomic E-state index is 0.00782. The van der Waals surface area contributed by atoms with E-state index in [4.69, 9.17) is 10.5 Å². The predicted octanol–water partition coefficient (Wildman–Crippen LogP) is 5.00. The number of rotatable bonds is 0. The van der Waals surface area contributed by atoms with Crippen LogP contribution in [0.3, 0.4) is 0 Å². The molecule has 0 radical (unpaired) electrons. The van der Waals surface area contributed by atoms with Gasteiger partial charge in [0, 0.05) is 21.9 Å². The molecule has 2 aromatic heterocycles. The van der Waals surface area contributed by atoms with E-state index in [0.29, 0.717) is 12.1 Å². The Bertz CT molecular complexity index is 1460. The number of benzene rings is 2. The van der Waals surface area contributed by atoms with E-state index in [9.17, 15) is 26.3 Å². The number of aromatic nitrogens is 4. The topological polar surface area (TPSA) is 99.1 Å². The third kappa shape index (κ3) is 2.59. The Morgan fingerprint density at radius 1 is 0.594 bits per heavy atom. The first-order valence-corrected chi connectivity index (χ1v) is 8.69. The van der Waals surface area contributed by atoms with Crippen molar-refractivity contribution in [2.45, 2.75) is 12.4 Å². The Morgan fingerprint density at radius 2 is 1.00 bits per heavy atom. The highest BCUT2D eigenvalue weighted by molar-refractivity contribution is 6.16. The van der Waals surface area contributed by atoms with Gasteiger partial charge in [0.05, 0.1) is 22.5 Å². The molecule has 0 spiro atoms. The second kappa shape index (κ2) is 6.11. The number of hydrogen-bond donors (Lipinski definition) is 0. The first-order valence-electron chi connectivity index (χ1n) is 8.69. The number of alkyl halides is 6. The molecule has 2 heterocycles. The van der Waals surface area contributed by atoms with E-state index in [1.807, 2.05) is 0 Å². The van der Waals surface area contributed by atoms with E-state index in [2.05, 4.69) is 19.9 Å². The number of fused-ring (bicyclic) bond motifs is 4. The predicted molar refractivity (Wildman–Crippen MR) is 96.5 cm³/mol. The van der Waals surface area contributed by atoms with Gasteiger partial charge >= 0.3 is 12.4 Å². The van der Waals surface area contributed by atoms with E-state index < -0.39 is 28.9 Å². The molecule has 0 bridgehead atoms. The Balaban J connectivity index is 1.93. The molecule has 2 aromatic carbocycles. The van der Waals surface area contributed by atoms with Crippen molar-refractivity contribution in [2.75, 3.05) is 0 Å². The highest BCUT2D eigenvalue weighted by Gasteiger charge is 2.42. The summed E-state index contributed by atoms with van der Waals surface area (Å²) in [6.07, 6.45) is -10.1. The van der Waals surface area contributed by atoms with Crippen molar-refractivity contribution in [3.8, 4) is 34.7 Å². The van der Waals surface area contributed by atoms with Gasteiger partial charge < -0.3 is 0 Å². The lowest BCUT2D eigenvalue weighted by Gasteiger charge is -2.17. The molecule has 0 unspecified atom stereocenters. The summed E-state index contributed by atoms with van der Waals surface area (Å²) >= 11 is 0. The van der Waals surface area contributed by atoms with Crippen molar-refractivity contribution in [3.63, 3.8) is 0 Å². The molecule has 1 aliphatic rings. The molecule has 0 saturated heterocycles. The van der Waals surface area contributed by atoms with Gasteiger partial charge in [-0.1, -0.05) is 12.1 Å². The molecular formula is C20H4F6N6. The first-order chi connectivity index (χ1) is 15.0. The van der Waals surface area contributed by atoms with Crippen LogP contribution in [-0.2, 0) is 12.4 Å². The van der Waals surface area contributed by atoms with Crippen LogP contribution in [0.4, 0.5) is 26.3 Å². The lowest BCUT2D eigenvalue weighted by Crippen LogP contribution is -2.12. The van der Waals surface area contributed by atoms with E-state index in [-0.39, 0.29) is 50.6 Å². The van der Waals surface area contributed by atoms with Gasteiger partial charge in [0.1, 0.15) is 12.1 Å². The summed E-state index contributed by atoms with van der Waals surface area (Å²) in [5, 5.41) is 16.9. The maximum atomic E-state index is 13.6. The molecule has 0 amide bonds. The van der Waals surface area contributed by atoms with Crippen LogP contribution in [0.1, 0.15) is 22.5 Å². The molecule has 0 fully saturated rings. The molecule has 5 rings (SSSR count). The summed E-state index contributed by atoms with van der Waals surface area (Å²) in [6.45, 7) is 0. The SMILES string of the molecule is N#Cc1nc2nc3c(nc2nc1C#N)-c1ccc(C(F)(F)F)c2c(C(F)(F)F)ccc-3c12. The van der Waals surface area contributed by atoms with Gasteiger partial charge in [0.2, 0.25) is 0 Å². The Hall–Kier alpha value is -4.32. The van der Waals surface area contributed by atoms with E-state index >= 15 is 0 Å². The van der Waals surface area contributed by atoms with Crippen LogP contribution in [0.5, 0.6) is 0 Å². The van der Waals surface area contributed by atoms with E-state index in [1.165, 1.54) is 0 Å². The van der Waals surface area contributed by atoms with Crippen LogP contribution in [0.15, 0.2) is 24.3 Å². The zero-order chi connectivity index (χ0) is 23.0. The van der Waals surface area contributed by atoms with Gasteiger partial charge in [-0.05, 0) is 12.1 Å². The van der Waals surface area contributed by atoms with E-state index in [1.54, 1.807) is 12.1 Å². The largest absolute Gasteiger partial charge is 0.417 e. The fourth-order valence-electron chi connectivity index (χ4n) is 3.78. The molecule has 0 atom stereocenters. The number of halogens is 6. The third-order valence-corrected chi connectivity index (χ3v) is 5.01. The molecule has 0 N–H and O–H groups in total. The molecule has 156 valence electrons. The number of nitriles is 2. The molecular weight excluding hydrogens is 438 g/mol. The third-order valence-electron chi connectivity index (χ3n) is 5.01. The summed E-state index contributed by atoms with van der Waals surface area (Å²) in [4.78, 5) is 16.2. The maximum Gasteiger partial charge on any atom is 0.417 e. The van der Waals surface area contributed by atoms with Gasteiger partial charge in [-0.25, -0.2) is 19.9 Å². The average Bonchev–Trinajstić information content (AvgIpc) is 3.04. The minimum Gasteiger partial charge on any atom is -0.223 e. The van der Waals surface area contributed by atoms with E-state index in [0.717, 1.165) is 12.1 Å². The monoisotopic (exact) mass is 442 g/mol. The Labute approximate surface area is 173 Å². The lowest BCUT2D eigenvalue weighted by molar-refractivity contribution is -0.140. The highest BCUT2D eigenvalue weighted by Crippen LogP contribution is 2.52. The normalized spacial score (nSPS) is 12.6. The molecule has 0 saturated carbocycles. The maximum absolute atomic E-state index is 13.6. The van der Waals surface area contributed by atoms with Crippen LogP contribution in [-0.4, -0.2) is 19.9 Å². The van der Waals surface area contributed by atoms with Crippen molar-refractivity contribution in [3.05, 3.63) is 46.8 Å². The van der Waals surface area contributed by atoms with Crippen molar-refractivity contribution in [2.24, 2.45) is 0 Å². The zero-order valence-corrected chi connectivity index (χ0v) is 15.3. The fraction of sp³-hybridized carbons (Fsp3) is 0.100. The summed E-state index contributed by atoms with van der Waals surface area (Å²) in [6, 6.07) is 6.56. The molecule has 6 nitrogen and oxygen atoms in total. The van der Waals surface area contributed by atoms with Crippen LogP contribution in [0, 0.1) is 22.7 Å². The molecule has 0 aliphatic heterocycles. The Morgan fingerprint density at radius 3 is 1.34 bits per heavy atom. The van der Waals surface area contributed by atoms with Gasteiger partial charge in [-0.15, -0.1) is 0 Å². The first kappa shape index (κ1) is 19.6. The minimum atomic E-state index is -5.04. The zero-order valence-electron chi connectivity index (χ0n) is 15.3. The summed E-state index contributed by atoms with van der Waals surface area (Å²) < 4.78 is 81.7. The van der Waals surface area contributed by atoms with Gasteiger partial charge in [0.15, 0.2) is 22.7 Å². The fourth-order valence-corrected chi connectivity index (χ4v) is 3.78. The van der Waals surface area contributed by atoms with Crippen LogP contribution in [0.25, 0.3) is 44.6 Å². The van der Waals surface area contributed by atoms with Crippen molar-refractivity contribution >= 4 is 22.1 Å². The molecule has 1 aliphatic carbocycles. The second-order valence-corrected chi connectivity index (χ2v) is 6.78. The van der Waals surface area contributed by atoms with Crippen LogP contribution in [0.2, 0.25) is 0 Å². The Kier molecular flexibility index (Phi) is 3.75. The number of hydrogen-bond acceptors (Lipinski definition) is 6. The van der Waals surface area contributed by atoms with Crippen molar-refractivity contribution < 1.29 is 26.3 Å². The van der Waals surface area contributed by atoms with Gasteiger partial charge in [0.25, 0.3) is 0 Å². The average molecular weight is 442 g/mol. The summed E-state index contributed by atoms with van der Waals surface area (Å²) in [5.74, 6) is 0.